The number of rotatable bonds is 6. The van der Waals surface area contributed by atoms with Gasteiger partial charge in [-0.1, -0.05) is 52.0 Å². The summed E-state index contributed by atoms with van der Waals surface area (Å²) >= 11 is 0. The molecule has 4 heteroatoms. The van der Waals surface area contributed by atoms with E-state index in [1.807, 2.05) is 11.0 Å². The van der Waals surface area contributed by atoms with Crippen molar-refractivity contribution in [3.63, 3.8) is 0 Å². The summed E-state index contributed by atoms with van der Waals surface area (Å²) in [5.41, 5.74) is 12.0. The molecule has 0 aliphatic heterocycles. The van der Waals surface area contributed by atoms with Crippen LogP contribution in [0.1, 0.15) is 68.2 Å². The van der Waals surface area contributed by atoms with Crippen LogP contribution in [0.25, 0.3) is 0 Å². The maximum absolute atomic E-state index is 12.6. The summed E-state index contributed by atoms with van der Waals surface area (Å²) < 4.78 is 5.40. The van der Waals surface area contributed by atoms with Gasteiger partial charge in [0.1, 0.15) is 5.75 Å². The highest BCUT2D eigenvalue weighted by molar-refractivity contribution is 5.93. The molecular weight excluding hydrogens is 360 g/mol. The fourth-order valence-electron chi connectivity index (χ4n) is 4.46. The fourth-order valence-corrected chi connectivity index (χ4v) is 4.46. The second kappa shape index (κ2) is 8.89. The third kappa shape index (κ3) is 4.58. The number of benzene rings is 2. The van der Waals surface area contributed by atoms with Crippen LogP contribution in [-0.2, 0) is 12.8 Å². The Morgan fingerprint density at radius 1 is 1.10 bits per heavy atom. The van der Waals surface area contributed by atoms with Crippen molar-refractivity contribution in [2.45, 2.75) is 58.8 Å². The van der Waals surface area contributed by atoms with Crippen LogP contribution in [0, 0.1) is 5.92 Å². The number of nitrogens with zero attached hydrogens (tertiary/aromatic N) is 1. The number of amides is 2. The number of carbonyl (C=O) groups excluding carboxylic acids is 1. The summed E-state index contributed by atoms with van der Waals surface area (Å²) in [5.74, 6) is 1.91. The molecule has 1 aliphatic carbocycles. The second-order valence-electron chi connectivity index (χ2n) is 8.79. The van der Waals surface area contributed by atoms with Gasteiger partial charge in [-0.3, -0.25) is 4.90 Å². The van der Waals surface area contributed by atoms with Crippen molar-refractivity contribution in [2.24, 2.45) is 11.7 Å². The lowest BCUT2D eigenvalue weighted by atomic mass is 9.83. The number of urea groups is 1. The molecule has 0 saturated carbocycles. The number of primary amides is 1. The van der Waals surface area contributed by atoms with Gasteiger partial charge in [0.05, 0.1) is 12.8 Å². The average Bonchev–Trinajstić information content (AvgIpc) is 2.70. The molecule has 0 fully saturated rings. The molecule has 4 nitrogen and oxygen atoms in total. The summed E-state index contributed by atoms with van der Waals surface area (Å²) in [7, 11) is 1.70. The molecule has 1 atom stereocenters. The number of hydrogen-bond donors (Lipinski definition) is 1. The fraction of sp³-hybridized carbons (Fsp3) is 0.480. The van der Waals surface area contributed by atoms with Gasteiger partial charge in [-0.05, 0) is 71.4 Å². The highest BCUT2D eigenvalue weighted by Gasteiger charge is 2.27. The molecule has 0 radical (unpaired) electrons. The molecule has 0 heterocycles. The van der Waals surface area contributed by atoms with E-state index in [2.05, 4.69) is 58.0 Å². The van der Waals surface area contributed by atoms with Crippen molar-refractivity contribution in [2.75, 3.05) is 18.6 Å². The van der Waals surface area contributed by atoms with E-state index in [0.717, 1.165) is 30.7 Å². The van der Waals surface area contributed by atoms with E-state index < -0.39 is 0 Å². The molecule has 0 aromatic heterocycles. The Labute approximate surface area is 175 Å². The Bertz CT molecular complexity index is 847. The lowest BCUT2D eigenvalue weighted by Gasteiger charge is -2.33. The van der Waals surface area contributed by atoms with Gasteiger partial charge in [0.25, 0.3) is 0 Å². The van der Waals surface area contributed by atoms with Crippen molar-refractivity contribution in [1.29, 1.82) is 0 Å². The number of aryl methyl sites for hydroxylation is 1. The Kier molecular flexibility index (Phi) is 6.51. The molecule has 1 aliphatic rings. The van der Waals surface area contributed by atoms with Crippen LogP contribution < -0.4 is 15.4 Å². The first kappa shape index (κ1) is 21.2. The number of para-hydroxylation sites is 1. The van der Waals surface area contributed by atoms with Gasteiger partial charge in [0, 0.05) is 6.54 Å². The maximum Gasteiger partial charge on any atom is 0.319 e. The van der Waals surface area contributed by atoms with Crippen molar-refractivity contribution in [3.8, 4) is 5.75 Å². The number of fused-ring (bicyclic) bond motifs is 1. The molecule has 0 saturated heterocycles. The smallest absolute Gasteiger partial charge is 0.319 e. The van der Waals surface area contributed by atoms with Crippen LogP contribution in [0.5, 0.6) is 5.75 Å². The normalized spacial score (nSPS) is 16.0. The number of ether oxygens (including phenoxy) is 1. The van der Waals surface area contributed by atoms with E-state index in [1.54, 1.807) is 7.11 Å². The van der Waals surface area contributed by atoms with Crippen LogP contribution in [-0.4, -0.2) is 19.7 Å². The molecule has 1 unspecified atom stereocenters. The standard InChI is InChI=1S/C25H34N2O2/c1-16(2)22-7-6-8-23(17(3)4)24(22)27(25(26)28)15-18-9-10-19-11-12-21(29-5)14-20(19)13-18/h6-8,11-12,14,16-18H,9-10,13,15H2,1-5H3,(H2,26,28). The Morgan fingerprint density at radius 2 is 1.76 bits per heavy atom. The zero-order valence-corrected chi connectivity index (χ0v) is 18.4. The van der Waals surface area contributed by atoms with Crippen molar-refractivity contribution in [3.05, 3.63) is 58.7 Å². The first-order valence-electron chi connectivity index (χ1n) is 10.7. The van der Waals surface area contributed by atoms with Gasteiger partial charge in [-0.15, -0.1) is 0 Å². The Morgan fingerprint density at radius 3 is 2.31 bits per heavy atom. The van der Waals surface area contributed by atoms with E-state index in [-0.39, 0.29) is 6.03 Å². The Balaban J connectivity index is 1.93. The minimum absolute atomic E-state index is 0.321. The van der Waals surface area contributed by atoms with Crippen molar-refractivity contribution in [1.82, 2.24) is 0 Å². The predicted octanol–water partition coefficient (Wildman–Crippen LogP) is 5.63. The van der Waals surface area contributed by atoms with Gasteiger partial charge in [-0.25, -0.2) is 4.79 Å². The number of anilines is 1. The van der Waals surface area contributed by atoms with E-state index >= 15 is 0 Å². The minimum Gasteiger partial charge on any atom is -0.497 e. The monoisotopic (exact) mass is 394 g/mol. The quantitative estimate of drug-likeness (QED) is 0.690. The Hall–Kier alpha value is -2.49. The van der Waals surface area contributed by atoms with Gasteiger partial charge < -0.3 is 10.5 Å². The zero-order chi connectivity index (χ0) is 21.1. The number of hydrogen-bond acceptors (Lipinski definition) is 2. The third-order valence-corrected chi connectivity index (χ3v) is 6.06. The minimum atomic E-state index is -0.364. The van der Waals surface area contributed by atoms with Crippen molar-refractivity contribution >= 4 is 11.7 Å². The molecule has 2 aromatic rings. The van der Waals surface area contributed by atoms with E-state index in [9.17, 15) is 4.79 Å². The van der Waals surface area contributed by atoms with Crippen LogP contribution in [0.2, 0.25) is 0 Å². The zero-order valence-electron chi connectivity index (χ0n) is 18.4. The topological polar surface area (TPSA) is 55.6 Å². The molecular formula is C25H34N2O2. The molecule has 29 heavy (non-hydrogen) atoms. The number of nitrogens with two attached hydrogens (primary N) is 1. The van der Waals surface area contributed by atoms with E-state index in [0.29, 0.717) is 24.3 Å². The molecule has 2 N–H and O–H groups in total. The van der Waals surface area contributed by atoms with Gasteiger partial charge in [0.15, 0.2) is 0 Å². The lowest BCUT2D eigenvalue weighted by Crippen LogP contribution is -2.41. The molecule has 0 bridgehead atoms. The second-order valence-corrected chi connectivity index (χ2v) is 8.79. The largest absolute Gasteiger partial charge is 0.497 e. The van der Waals surface area contributed by atoms with Gasteiger partial charge >= 0.3 is 6.03 Å². The summed E-state index contributed by atoms with van der Waals surface area (Å²) in [4.78, 5) is 14.4. The van der Waals surface area contributed by atoms with Crippen LogP contribution in [0.4, 0.5) is 10.5 Å². The molecule has 3 rings (SSSR count). The van der Waals surface area contributed by atoms with Crippen LogP contribution >= 0.6 is 0 Å². The SMILES string of the molecule is COc1ccc2c(c1)CC(CN(C(N)=O)c1c(C(C)C)cccc1C(C)C)CC2. The summed E-state index contributed by atoms with van der Waals surface area (Å²) in [6, 6.07) is 12.3. The number of methoxy groups -OCH3 is 1. The highest BCUT2D eigenvalue weighted by atomic mass is 16.5. The van der Waals surface area contributed by atoms with E-state index in [1.165, 1.54) is 22.3 Å². The van der Waals surface area contributed by atoms with Crippen molar-refractivity contribution < 1.29 is 9.53 Å². The predicted molar refractivity (Wildman–Crippen MR) is 120 cm³/mol. The van der Waals surface area contributed by atoms with Gasteiger partial charge in [0.2, 0.25) is 0 Å². The van der Waals surface area contributed by atoms with E-state index in [4.69, 9.17) is 10.5 Å². The maximum atomic E-state index is 12.6. The summed E-state index contributed by atoms with van der Waals surface area (Å²) in [6.07, 6.45) is 3.03. The van der Waals surface area contributed by atoms with Gasteiger partial charge in [-0.2, -0.15) is 0 Å². The summed E-state index contributed by atoms with van der Waals surface area (Å²) in [6.45, 7) is 9.34. The van der Waals surface area contributed by atoms with Crippen LogP contribution in [0.3, 0.4) is 0 Å². The number of carbonyl (C=O) groups is 1. The third-order valence-electron chi connectivity index (χ3n) is 6.06. The molecule has 2 aromatic carbocycles. The molecule has 0 spiro atoms. The lowest BCUT2D eigenvalue weighted by molar-refractivity contribution is 0.252. The highest BCUT2D eigenvalue weighted by Crippen LogP contribution is 2.37. The van der Waals surface area contributed by atoms with Crippen LogP contribution in [0.15, 0.2) is 36.4 Å². The first-order valence-corrected chi connectivity index (χ1v) is 10.7. The average molecular weight is 395 g/mol. The molecule has 156 valence electrons. The molecule has 2 amide bonds. The first-order chi connectivity index (χ1) is 13.8. The summed E-state index contributed by atoms with van der Waals surface area (Å²) in [5, 5.41) is 0.